The van der Waals surface area contributed by atoms with Gasteiger partial charge in [-0.05, 0) is 27.2 Å². The van der Waals surface area contributed by atoms with Crippen LogP contribution < -0.4 is 0 Å². The van der Waals surface area contributed by atoms with Crippen molar-refractivity contribution in [1.82, 2.24) is 0 Å². The van der Waals surface area contributed by atoms with Gasteiger partial charge >= 0.3 is 0 Å². The monoisotopic (exact) mass is 222 g/mol. The summed E-state index contributed by atoms with van der Waals surface area (Å²) in [5.41, 5.74) is -0.320. The van der Waals surface area contributed by atoms with Crippen molar-refractivity contribution in [2.45, 2.75) is 71.3 Å². The van der Waals surface area contributed by atoms with Crippen molar-refractivity contribution < 1.29 is 13.5 Å². The highest BCUT2D eigenvalue weighted by Crippen LogP contribution is 2.26. The molecule has 0 atom stereocenters. The van der Waals surface area contributed by atoms with E-state index in [4.69, 9.17) is 4.74 Å². The lowest BCUT2D eigenvalue weighted by Gasteiger charge is -2.22. The van der Waals surface area contributed by atoms with Gasteiger partial charge in [0.05, 0.1) is 12.2 Å². The number of unbranched alkanes of at least 4 members (excludes halogenated alkanes) is 2. The molecule has 0 radical (unpaired) electrons. The minimum atomic E-state index is -2.56. The molecular weight excluding hydrogens is 198 g/mol. The van der Waals surface area contributed by atoms with Gasteiger partial charge in [0.15, 0.2) is 0 Å². The summed E-state index contributed by atoms with van der Waals surface area (Å²) < 4.78 is 31.8. The zero-order valence-corrected chi connectivity index (χ0v) is 10.4. The summed E-state index contributed by atoms with van der Waals surface area (Å²) in [4.78, 5) is 0. The molecule has 0 aliphatic carbocycles. The van der Waals surface area contributed by atoms with Crippen molar-refractivity contribution in [3.05, 3.63) is 0 Å². The molecule has 15 heavy (non-hydrogen) atoms. The molecule has 0 aromatic carbocycles. The number of halogens is 2. The van der Waals surface area contributed by atoms with Crippen molar-refractivity contribution in [1.29, 1.82) is 0 Å². The van der Waals surface area contributed by atoms with Crippen LogP contribution in [0, 0.1) is 0 Å². The molecule has 0 aliphatic rings. The van der Waals surface area contributed by atoms with Gasteiger partial charge in [-0.3, -0.25) is 0 Å². The summed E-state index contributed by atoms with van der Waals surface area (Å²) in [6.45, 7) is 7.79. The van der Waals surface area contributed by atoms with E-state index in [-0.39, 0.29) is 25.0 Å². The lowest BCUT2D eigenvalue weighted by molar-refractivity contribution is -0.0710. The molecule has 0 aliphatic heterocycles. The minimum absolute atomic E-state index is 0.00561. The van der Waals surface area contributed by atoms with Crippen LogP contribution in [0.3, 0.4) is 0 Å². The van der Waals surface area contributed by atoms with Crippen molar-refractivity contribution >= 4 is 0 Å². The largest absolute Gasteiger partial charge is 0.376 e. The Balaban J connectivity index is 3.64. The summed E-state index contributed by atoms with van der Waals surface area (Å²) in [7, 11) is 0. The number of alkyl halides is 2. The summed E-state index contributed by atoms with van der Waals surface area (Å²) in [6, 6.07) is 0. The molecule has 0 spiro atoms. The lowest BCUT2D eigenvalue weighted by atomic mass is 10.1. The first-order chi connectivity index (χ1) is 6.77. The van der Waals surface area contributed by atoms with Crippen molar-refractivity contribution in [3.63, 3.8) is 0 Å². The maximum absolute atomic E-state index is 13.2. The fraction of sp³-hybridized carbons (Fsp3) is 1.00. The standard InChI is InChI=1S/C12H24F2O/c1-5-6-7-8-12(13,14)9-10-15-11(2,3)4/h5-10H2,1-4H3. The van der Waals surface area contributed by atoms with E-state index < -0.39 is 5.92 Å². The van der Waals surface area contributed by atoms with E-state index >= 15 is 0 Å². The van der Waals surface area contributed by atoms with E-state index in [9.17, 15) is 8.78 Å². The Labute approximate surface area is 92.2 Å². The fourth-order valence-electron chi connectivity index (χ4n) is 1.27. The lowest BCUT2D eigenvalue weighted by Crippen LogP contribution is -2.25. The van der Waals surface area contributed by atoms with Gasteiger partial charge in [0.2, 0.25) is 5.92 Å². The van der Waals surface area contributed by atoms with Gasteiger partial charge in [-0.1, -0.05) is 19.8 Å². The van der Waals surface area contributed by atoms with Crippen LogP contribution in [0.5, 0.6) is 0 Å². The minimum Gasteiger partial charge on any atom is -0.376 e. The van der Waals surface area contributed by atoms with Crippen LogP contribution in [0.25, 0.3) is 0 Å². The maximum Gasteiger partial charge on any atom is 0.250 e. The molecule has 0 amide bonds. The Kier molecular flexibility index (Phi) is 6.34. The van der Waals surface area contributed by atoms with Crippen LogP contribution in [0.4, 0.5) is 8.78 Å². The number of ether oxygens (including phenoxy) is 1. The predicted molar refractivity (Wildman–Crippen MR) is 59.4 cm³/mol. The smallest absolute Gasteiger partial charge is 0.250 e. The van der Waals surface area contributed by atoms with E-state index in [2.05, 4.69) is 0 Å². The van der Waals surface area contributed by atoms with Gasteiger partial charge in [-0.2, -0.15) is 0 Å². The second-order valence-corrected chi connectivity index (χ2v) is 5.02. The van der Waals surface area contributed by atoms with E-state index in [1.165, 1.54) is 0 Å². The molecule has 1 nitrogen and oxygen atoms in total. The van der Waals surface area contributed by atoms with Crippen LogP contribution in [-0.2, 0) is 4.74 Å². The molecule has 0 unspecified atom stereocenters. The molecule has 0 fully saturated rings. The van der Waals surface area contributed by atoms with Crippen molar-refractivity contribution in [3.8, 4) is 0 Å². The Morgan fingerprint density at radius 3 is 2.07 bits per heavy atom. The Morgan fingerprint density at radius 1 is 1.00 bits per heavy atom. The van der Waals surface area contributed by atoms with E-state index in [1.807, 2.05) is 27.7 Å². The van der Waals surface area contributed by atoms with Crippen LogP contribution >= 0.6 is 0 Å². The third kappa shape index (κ3) is 10.1. The van der Waals surface area contributed by atoms with Gasteiger partial charge in [0, 0.05) is 12.8 Å². The normalized spacial score (nSPS) is 13.2. The SMILES string of the molecule is CCCCCC(F)(F)CCOC(C)(C)C. The first-order valence-electron chi connectivity index (χ1n) is 5.78. The predicted octanol–water partition coefficient (Wildman–Crippen LogP) is 4.41. The third-order valence-corrected chi connectivity index (χ3v) is 2.15. The Bertz CT molecular complexity index is 161. The summed E-state index contributed by atoms with van der Waals surface area (Å²) >= 11 is 0. The molecule has 0 heterocycles. The molecular formula is C12H24F2O. The van der Waals surface area contributed by atoms with Crippen molar-refractivity contribution in [2.75, 3.05) is 6.61 Å². The van der Waals surface area contributed by atoms with E-state index in [1.54, 1.807) is 0 Å². The fourth-order valence-corrected chi connectivity index (χ4v) is 1.27. The van der Waals surface area contributed by atoms with Crippen LogP contribution in [-0.4, -0.2) is 18.1 Å². The second kappa shape index (κ2) is 6.41. The van der Waals surface area contributed by atoms with Gasteiger partial charge in [-0.15, -0.1) is 0 Å². The molecule has 0 aromatic rings. The number of rotatable bonds is 7. The molecule has 3 heteroatoms. The van der Waals surface area contributed by atoms with Gasteiger partial charge in [0.1, 0.15) is 0 Å². The van der Waals surface area contributed by atoms with Gasteiger partial charge in [-0.25, -0.2) is 8.78 Å². The van der Waals surface area contributed by atoms with Crippen LogP contribution in [0.2, 0.25) is 0 Å². The molecule has 0 aromatic heterocycles. The maximum atomic E-state index is 13.2. The topological polar surface area (TPSA) is 9.23 Å². The summed E-state index contributed by atoms with van der Waals surface area (Å²) in [5.74, 6) is -2.56. The Morgan fingerprint density at radius 2 is 1.60 bits per heavy atom. The van der Waals surface area contributed by atoms with E-state index in [0.717, 1.165) is 12.8 Å². The highest BCUT2D eigenvalue weighted by atomic mass is 19.3. The number of hydrogen-bond donors (Lipinski definition) is 0. The first kappa shape index (κ1) is 14.8. The van der Waals surface area contributed by atoms with Gasteiger partial charge < -0.3 is 4.74 Å². The molecule has 0 saturated carbocycles. The molecule has 0 saturated heterocycles. The summed E-state index contributed by atoms with van der Waals surface area (Å²) in [6.07, 6.45) is 2.31. The zero-order chi connectivity index (χ0) is 11.9. The van der Waals surface area contributed by atoms with Gasteiger partial charge in [0.25, 0.3) is 0 Å². The highest BCUT2D eigenvalue weighted by molar-refractivity contribution is 4.67. The summed E-state index contributed by atoms with van der Waals surface area (Å²) in [5, 5.41) is 0. The number of hydrogen-bond acceptors (Lipinski definition) is 1. The second-order valence-electron chi connectivity index (χ2n) is 5.02. The van der Waals surface area contributed by atoms with Crippen LogP contribution in [0.15, 0.2) is 0 Å². The molecule has 0 bridgehead atoms. The Hall–Kier alpha value is -0.180. The highest BCUT2D eigenvalue weighted by Gasteiger charge is 2.28. The van der Waals surface area contributed by atoms with Crippen molar-refractivity contribution in [2.24, 2.45) is 0 Å². The average Bonchev–Trinajstić information content (AvgIpc) is 2.01. The van der Waals surface area contributed by atoms with Crippen LogP contribution in [0.1, 0.15) is 59.8 Å². The molecule has 0 N–H and O–H groups in total. The first-order valence-corrected chi connectivity index (χ1v) is 5.78. The average molecular weight is 222 g/mol. The molecule has 92 valence electrons. The molecule has 0 rings (SSSR count). The zero-order valence-electron chi connectivity index (χ0n) is 10.4. The van der Waals surface area contributed by atoms with E-state index in [0.29, 0.717) is 6.42 Å². The third-order valence-electron chi connectivity index (χ3n) is 2.15. The quantitative estimate of drug-likeness (QED) is 0.580.